The number of nitrogens with one attached hydrogen (secondary N) is 2. The van der Waals surface area contributed by atoms with Gasteiger partial charge in [0.2, 0.25) is 17.7 Å². The summed E-state index contributed by atoms with van der Waals surface area (Å²) in [6, 6.07) is 6.69. The van der Waals surface area contributed by atoms with E-state index in [2.05, 4.69) is 10.3 Å². The molecule has 0 aliphatic carbocycles. The van der Waals surface area contributed by atoms with Crippen LogP contribution in [0.4, 0.5) is 0 Å². The molecule has 1 saturated heterocycles. The third-order valence-electron chi connectivity index (χ3n) is 4.91. The van der Waals surface area contributed by atoms with Gasteiger partial charge < -0.3 is 20.9 Å². The van der Waals surface area contributed by atoms with Gasteiger partial charge in [-0.25, -0.2) is 0 Å². The molecular weight excluding hydrogens is 332 g/mol. The number of carbonyl (C=O) groups is 3. The summed E-state index contributed by atoms with van der Waals surface area (Å²) in [5.41, 5.74) is 7.46. The van der Waals surface area contributed by atoms with Crippen molar-refractivity contribution in [2.75, 3.05) is 6.54 Å². The maximum absolute atomic E-state index is 12.5. The highest BCUT2D eigenvalue weighted by atomic mass is 16.2. The molecule has 0 radical (unpaired) electrons. The Hall–Kier alpha value is -2.83. The lowest BCUT2D eigenvalue weighted by atomic mass is 10.1. The van der Waals surface area contributed by atoms with Gasteiger partial charge >= 0.3 is 0 Å². The van der Waals surface area contributed by atoms with Gasteiger partial charge in [-0.2, -0.15) is 0 Å². The number of carbonyl (C=O) groups excluding carboxylic acids is 3. The first-order valence-corrected chi connectivity index (χ1v) is 8.91. The molecule has 0 saturated carbocycles. The number of benzene rings is 1. The normalized spacial score (nSPS) is 18.0. The Balaban J connectivity index is 1.54. The van der Waals surface area contributed by atoms with Gasteiger partial charge in [-0.15, -0.1) is 0 Å². The summed E-state index contributed by atoms with van der Waals surface area (Å²) in [5, 5.41) is 3.84. The Labute approximate surface area is 151 Å². The average Bonchev–Trinajstić information content (AvgIpc) is 3.26. The fourth-order valence-corrected chi connectivity index (χ4v) is 3.54. The average molecular weight is 356 g/mol. The molecule has 3 rings (SSSR count). The Bertz CT molecular complexity index is 829. The molecule has 2 aromatic rings. The van der Waals surface area contributed by atoms with Crippen molar-refractivity contribution in [3.63, 3.8) is 0 Å². The molecule has 0 spiro atoms. The van der Waals surface area contributed by atoms with E-state index in [1.54, 1.807) is 6.92 Å². The third kappa shape index (κ3) is 3.71. The molecule has 2 heterocycles. The number of para-hydroxylation sites is 1. The van der Waals surface area contributed by atoms with Crippen LogP contribution in [-0.4, -0.2) is 46.2 Å². The van der Waals surface area contributed by atoms with Crippen LogP contribution in [0.15, 0.2) is 30.5 Å². The number of hydrogen-bond acceptors (Lipinski definition) is 3. The highest BCUT2D eigenvalue weighted by Crippen LogP contribution is 2.20. The lowest BCUT2D eigenvalue weighted by molar-refractivity contribution is -0.140. The lowest BCUT2D eigenvalue weighted by Gasteiger charge is -2.25. The van der Waals surface area contributed by atoms with Crippen molar-refractivity contribution in [2.45, 2.75) is 44.7 Å². The summed E-state index contributed by atoms with van der Waals surface area (Å²) >= 11 is 0. The predicted octanol–water partition coefficient (Wildman–Crippen LogP) is 1.08. The van der Waals surface area contributed by atoms with Gasteiger partial charge in [-0.3, -0.25) is 14.4 Å². The van der Waals surface area contributed by atoms with Crippen LogP contribution in [-0.2, 0) is 20.8 Å². The molecular formula is C19H24N4O3. The fourth-order valence-electron chi connectivity index (χ4n) is 3.54. The van der Waals surface area contributed by atoms with E-state index in [1.165, 1.54) is 4.90 Å². The quantitative estimate of drug-likeness (QED) is 0.721. The van der Waals surface area contributed by atoms with Crippen molar-refractivity contribution >= 4 is 28.6 Å². The minimum absolute atomic E-state index is 0.189. The van der Waals surface area contributed by atoms with Crippen LogP contribution in [0.5, 0.6) is 0 Å². The first-order valence-electron chi connectivity index (χ1n) is 8.91. The van der Waals surface area contributed by atoms with E-state index in [1.807, 2.05) is 30.5 Å². The van der Waals surface area contributed by atoms with Crippen LogP contribution in [0.2, 0.25) is 0 Å². The Kier molecular flexibility index (Phi) is 5.25. The Morgan fingerprint density at radius 3 is 2.88 bits per heavy atom. The zero-order valence-electron chi connectivity index (χ0n) is 14.8. The van der Waals surface area contributed by atoms with Crippen LogP contribution >= 0.6 is 0 Å². The fraction of sp³-hybridized carbons (Fsp3) is 0.421. The zero-order chi connectivity index (χ0) is 18.7. The van der Waals surface area contributed by atoms with Gasteiger partial charge in [0.25, 0.3) is 0 Å². The largest absolute Gasteiger partial charge is 0.368 e. The first kappa shape index (κ1) is 18.0. The van der Waals surface area contributed by atoms with E-state index in [0.29, 0.717) is 25.8 Å². The minimum Gasteiger partial charge on any atom is -0.368 e. The molecule has 4 N–H and O–H groups in total. The van der Waals surface area contributed by atoms with Crippen LogP contribution in [0, 0.1) is 0 Å². The van der Waals surface area contributed by atoms with Crippen molar-refractivity contribution in [1.82, 2.24) is 15.2 Å². The molecule has 1 aliphatic heterocycles. The van der Waals surface area contributed by atoms with Gasteiger partial charge in [-0.05, 0) is 37.8 Å². The number of nitrogens with zero attached hydrogens (tertiary/aromatic N) is 1. The summed E-state index contributed by atoms with van der Waals surface area (Å²) < 4.78 is 0. The van der Waals surface area contributed by atoms with Gasteiger partial charge in [0.15, 0.2) is 0 Å². The molecule has 2 atom stereocenters. The first-order chi connectivity index (χ1) is 12.5. The van der Waals surface area contributed by atoms with Crippen LogP contribution < -0.4 is 11.1 Å². The number of primary amides is 1. The molecule has 1 fully saturated rings. The molecule has 1 aromatic heterocycles. The van der Waals surface area contributed by atoms with Crippen molar-refractivity contribution in [1.29, 1.82) is 0 Å². The van der Waals surface area contributed by atoms with Gasteiger partial charge in [0.05, 0.1) is 0 Å². The van der Waals surface area contributed by atoms with E-state index in [0.717, 1.165) is 22.9 Å². The number of rotatable bonds is 6. The third-order valence-corrected chi connectivity index (χ3v) is 4.91. The molecule has 138 valence electrons. The van der Waals surface area contributed by atoms with Gasteiger partial charge in [-0.1, -0.05) is 18.2 Å². The molecule has 3 amide bonds. The second kappa shape index (κ2) is 7.59. The highest BCUT2D eigenvalue weighted by Gasteiger charge is 2.35. The zero-order valence-corrected chi connectivity index (χ0v) is 14.8. The molecule has 7 heteroatoms. The summed E-state index contributed by atoms with van der Waals surface area (Å²) in [4.78, 5) is 40.8. The van der Waals surface area contributed by atoms with Crippen LogP contribution in [0.25, 0.3) is 10.9 Å². The summed E-state index contributed by atoms with van der Waals surface area (Å²) in [7, 11) is 0. The number of aryl methyl sites for hydroxylation is 1. The Morgan fingerprint density at radius 2 is 2.12 bits per heavy atom. The summed E-state index contributed by atoms with van der Waals surface area (Å²) in [6.07, 6.45) is 4.13. The molecule has 7 nitrogen and oxygen atoms in total. The van der Waals surface area contributed by atoms with E-state index in [-0.39, 0.29) is 11.8 Å². The summed E-state index contributed by atoms with van der Waals surface area (Å²) in [6.45, 7) is 2.14. The molecule has 1 aliphatic rings. The number of likely N-dealkylation sites (tertiary alicyclic amines) is 1. The number of hydrogen-bond donors (Lipinski definition) is 3. The van der Waals surface area contributed by atoms with E-state index >= 15 is 0 Å². The van der Waals surface area contributed by atoms with E-state index in [9.17, 15) is 14.4 Å². The molecule has 0 unspecified atom stereocenters. The van der Waals surface area contributed by atoms with Crippen molar-refractivity contribution in [2.24, 2.45) is 5.73 Å². The number of fused-ring (bicyclic) bond motifs is 1. The van der Waals surface area contributed by atoms with Crippen molar-refractivity contribution in [3.8, 4) is 0 Å². The number of aromatic nitrogens is 1. The topological polar surface area (TPSA) is 108 Å². The van der Waals surface area contributed by atoms with Crippen LogP contribution in [0.3, 0.4) is 0 Å². The van der Waals surface area contributed by atoms with Crippen molar-refractivity contribution in [3.05, 3.63) is 36.0 Å². The van der Waals surface area contributed by atoms with Crippen molar-refractivity contribution < 1.29 is 14.4 Å². The number of amides is 3. The van der Waals surface area contributed by atoms with Gasteiger partial charge in [0.1, 0.15) is 12.1 Å². The molecule has 26 heavy (non-hydrogen) atoms. The standard InChI is InChI=1S/C19H24N4O3/c1-12(19(26)23-10-4-7-16(23)18(20)25)22-17(24)9-8-13-11-21-15-6-3-2-5-14(13)15/h2-3,5-6,11-12,16,21H,4,7-10H2,1H3,(H2,20,25)(H,22,24)/t12-,16-/m0/s1. The SMILES string of the molecule is C[C@H](NC(=O)CCc1c[nH]c2ccccc12)C(=O)N1CCC[C@H]1C(N)=O. The van der Waals surface area contributed by atoms with E-state index < -0.39 is 18.0 Å². The summed E-state index contributed by atoms with van der Waals surface area (Å²) in [5.74, 6) is -0.939. The molecule has 1 aromatic carbocycles. The monoisotopic (exact) mass is 356 g/mol. The second-order valence-electron chi connectivity index (χ2n) is 6.74. The Morgan fingerprint density at radius 1 is 1.35 bits per heavy atom. The number of H-pyrrole nitrogens is 1. The number of nitrogens with two attached hydrogens (primary N) is 1. The maximum Gasteiger partial charge on any atom is 0.245 e. The number of aromatic amines is 1. The van der Waals surface area contributed by atoms with Crippen LogP contribution in [0.1, 0.15) is 31.7 Å². The smallest absolute Gasteiger partial charge is 0.245 e. The molecule has 0 bridgehead atoms. The van der Waals surface area contributed by atoms with Gasteiger partial charge in [0, 0.05) is 30.1 Å². The highest BCUT2D eigenvalue weighted by molar-refractivity contribution is 5.92. The predicted molar refractivity (Wildman–Crippen MR) is 98.2 cm³/mol. The maximum atomic E-state index is 12.5. The minimum atomic E-state index is -0.676. The second-order valence-corrected chi connectivity index (χ2v) is 6.74. The van der Waals surface area contributed by atoms with E-state index in [4.69, 9.17) is 5.73 Å². The lowest BCUT2D eigenvalue weighted by Crippen LogP contribution is -2.51.